The zero-order valence-corrected chi connectivity index (χ0v) is 18.8. The Morgan fingerprint density at radius 1 is 0.971 bits per heavy atom. The fourth-order valence-electron chi connectivity index (χ4n) is 3.61. The molecule has 0 aliphatic rings. The number of carbonyl (C=O) groups excluding carboxylic acids is 1. The lowest BCUT2D eigenvalue weighted by molar-refractivity contribution is -0.137. The van der Waals surface area contributed by atoms with Gasteiger partial charge in [-0.05, 0) is 74.6 Å². The number of fused-ring (bicyclic) bond motifs is 1. The van der Waals surface area contributed by atoms with Gasteiger partial charge >= 0.3 is 6.18 Å². The SMILES string of the molecule is CN(C)CCCNC(=O)c1ccc(-c2ccc3nnc(-c4cccc(C(F)(F)F)c4)n3c2)cc1. The van der Waals surface area contributed by atoms with Gasteiger partial charge in [0.1, 0.15) is 0 Å². The van der Waals surface area contributed by atoms with E-state index in [1.54, 1.807) is 34.9 Å². The van der Waals surface area contributed by atoms with Crippen molar-refractivity contribution in [2.24, 2.45) is 0 Å². The van der Waals surface area contributed by atoms with E-state index in [2.05, 4.69) is 20.4 Å². The topological polar surface area (TPSA) is 62.5 Å². The van der Waals surface area contributed by atoms with Crippen LogP contribution < -0.4 is 5.32 Å². The molecule has 2 aromatic carbocycles. The van der Waals surface area contributed by atoms with Crippen LogP contribution in [0.15, 0.2) is 66.9 Å². The van der Waals surface area contributed by atoms with E-state index in [1.807, 2.05) is 32.3 Å². The maximum absolute atomic E-state index is 13.1. The summed E-state index contributed by atoms with van der Waals surface area (Å²) >= 11 is 0. The Balaban J connectivity index is 1.56. The van der Waals surface area contributed by atoms with E-state index in [1.165, 1.54) is 6.07 Å². The van der Waals surface area contributed by atoms with Gasteiger partial charge in [-0.3, -0.25) is 9.20 Å². The Labute approximate surface area is 195 Å². The number of carbonyl (C=O) groups is 1. The summed E-state index contributed by atoms with van der Waals surface area (Å²) < 4.78 is 41.1. The molecule has 4 rings (SSSR count). The van der Waals surface area contributed by atoms with Gasteiger partial charge in [0.25, 0.3) is 5.91 Å². The molecule has 0 fully saturated rings. The fourth-order valence-corrected chi connectivity index (χ4v) is 3.61. The molecule has 176 valence electrons. The van der Waals surface area contributed by atoms with Crippen LogP contribution in [-0.2, 0) is 6.18 Å². The van der Waals surface area contributed by atoms with Gasteiger partial charge in [0.05, 0.1) is 5.56 Å². The minimum absolute atomic E-state index is 0.133. The van der Waals surface area contributed by atoms with Crippen LogP contribution in [0.5, 0.6) is 0 Å². The Hall–Kier alpha value is -3.72. The first-order chi connectivity index (χ1) is 16.2. The third kappa shape index (κ3) is 5.26. The molecule has 1 N–H and O–H groups in total. The number of hydrogen-bond acceptors (Lipinski definition) is 4. The van der Waals surface area contributed by atoms with Crippen molar-refractivity contribution in [3.8, 4) is 22.5 Å². The van der Waals surface area contributed by atoms with Gasteiger partial charge in [-0.15, -0.1) is 10.2 Å². The van der Waals surface area contributed by atoms with E-state index in [0.717, 1.165) is 36.2 Å². The van der Waals surface area contributed by atoms with E-state index in [-0.39, 0.29) is 5.91 Å². The highest BCUT2D eigenvalue weighted by Crippen LogP contribution is 2.32. The van der Waals surface area contributed by atoms with E-state index < -0.39 is 11.7 Å². The van der Waals surface area contributed by atoms with Gasteiger partial charge in [-0.2, -0.15) is 13.2 Å². The highest BCUT2D eigenvalue weighted by atomic mass is 19.4. The first-order valence-electron chi connectivity index (χ1n) is 10.8. The molecule has 0 aliphatic heterocycles. The second kappa shape index (κ2) is 9.64. The van der Waals surface area contributed by atoms with Gasteiger partial charge < -0.3 is 10.2 Å². The highest BCUT2D eigenvalue weighted by Gasteiger charge is 2.30. The van der Waals surface area contributed by atoms with Crippen LogP contribution in [0, 0.1) is 0 Å². The van der Waals surface area contributed by atoms with Crippen molar-refractivity contribution in [2.75, 3.05) is 27.2 Å². The fraction of sp³-hybridized carbons (Fsp3) is 0.240. The van der Waals surface area contributed by atoms with Crippen LogP contribution in [0.2, 0.25) is 0 Å². The Morgan fingerprint density at radius 2 is 1.71 bits per heavy atom. The number of alkyl halides is 3. The molecule has 0 spiro atoms. The summed E-state index contributed by atoms with van der Waals surface area (Å²) in [5, 5.41) is 11.1. The van der Waals surface area contributed by atoms with Crippen molar-refractivity contribution in [1.82, 2.24) is 24.8 Å². The number of nitrogens with one attached hydrogen (secondary N) is 1. The molecule has 0 aliphatic carbocycles. The molecule has 0 radical (unpaired) electrons. The normalized spacial score (nSPS) is 11.8. The van der Waals surface area contributed by atoms with Crippen LogP contribution in [0.25, 0.3) is 28.2 Å². The van der Waals surface area contributed by atoms with E-state index in [0.29, 0.717) is 29.1 Å². The molecule has 34 heavy (non-hydrogen) atoms. The molecule has 2 heterocycles. The molecular weight excluding hydrogens is 443 g/mol. The van der Waals surface area contributed by atoms with Gasteiger partial charge in [-0.25, -0.2) is 0 Å². The largest absolute Gasteiger partial charge is 0.416 e. The zero-order valence-electron chi connectivity index (χ0n) is 18.8. The van der Waals surface area contributed by atoms with Gasteiger partial charge in [0, 0.05) is 23.9 Å². The number of pyridine rings is 1. The predicted molar refractivity (Wildman–Crippen MR) is 124 cm³/mol. The number of hydrogen-bond donors (Lipinski definition) is 1. The van der Waals surface area contributed by atoms with Gasteiger partial charge in [-0.1, -0.05) is 24.3 Å². The summed E-state index contributed by atoms with van der Waals surface area (Å²) in [7, 11) is 3.97. The Morgan fingerprint density at radius 3 is 2.41 bits per heavy atom. The maximum Gasteiger partial charge on any atom is 0.416 e. The van der Waals surface area contributed by atoms with Crippen molar-refractivity contribution in [3.05, 3.63) is 78.0 Å². The molecule has 0 unspecified atom stereocenters. The number of nitrogens with zero attached hydrogens (tertiary/aromatic N) is 4. The molecule has 9 heteroatoms. The Bertz CT molecular complexity index is 1300. The van der Waals surface area contributed by atoms with Crippen LogP contribution in [-0.4, -0.2) is 52.6 Å². The van der Waals surface area contributed by atoms with Crippen LogP contribution >= 0.6 is 0 Å². The third-order valence-electron chi connectivity index (χ3n) is 5.40. The number of amides is 1. The second-order valence-electron chi connectivity index (χ2n) is 8.24. The number of benzene rings is 2. The average Bonchev–Trinajstić information content (AvgIpc) is 3.24. The van der Waals surface area contributed by atoms with Crippen LogP contribution in [0.4, 0.5) is 13.2 Å². The van der Waals surface area contributed by atoms with Crippen LogP contribution in [0.3, 0.4) is 0 Å². The number of rotatable bonds is 7. The molecular formula is C25H24F3N5O. The standard InChI is InChI=1S/C25H24F3N5O/c1-32(2)14-4-13-29-24(34)18-9-7-17(8-10-18)20-11-12-22-30-31-23(33(22)16-20)19-5-3-6-21(15-19)25(26,27)28/h3,5-12,15-16H,4,13-14H2,1-2H3,(H,29,34). The zero-order chi connectivity index (χ0) is 24.3. The van der Waals surface area contributed by atoms with E-state index in [9.17, 15) is 18.0 Å². The smallest absolute Gasteiger partial charge is 0.352 e. The summed E-state index contributed by atoms with van der Waals surface area (Å²) in [5.41, 5.74) is 2.33. The summed E-state index contributed by atoms with van der Waals surface area (Å²) in [6.45, 7) is 1.49. The first kappa shape index (κ1) is 23.4. The van der Waals surface area contributed by atoms with E-state index >= 15 is 0 Å². The summed E-state index contributed by atoms with van der Waals surface area (Å²) in [6.07, 6.45) is -1.80. The average molecular weight is 467 g/mol. The molecule has 0 saturated carbocycles. The minimum atomic E-state index is -4.44. The van der Waals surface area contributed by atoms with E-state index in [4.69, 9.17) is 0 Å². The van der Waals surface area contributed by atoms with Crippen molar-refractivity contribution >= 4 is 11.6 Å². The molecule has 0 atom stereocenters. The highest BCUT2D eigenvalue weighted by molar-refractivity contribution is 5.94. The van der Waals surface area contributed by atoms with Crippen LogP contribution in [0.1, 0.15) is 22.3 Å². The Kier molecular flexibility index (Phi) is 6.65. The molecule has 4 aromatic rings. The van der Waals surface area contributed by atoms with Crippen molar-refractivity contribution in [2.45, 2.75) is 12.6 Å². The van der Waals surface area contributed by atoms with Crippen molar-refractivity contribution in [3.63, 3.8) is 0 Å². The first-order valence-corrected chi connectivity index (χ1v) is 10.8. The second-order valence-corrected chi connectivity index (χ2v) is 8.24. The molecule has 0 bridgehead atoms. The van der Waals surface area contributed by atoms with Crippen molar-refractivity contribution < 1.29 is 18.0 Å². The lowest BCUT2D eigenvalue weighted by Gasteiger charge is -2.10. The lowest BCUT2D eigenvalue weighted by atomic mass is 10.0. The summed E-state index contributed by atoms with van der Waals surface area (Å²) in [4.78, 5) is 14.4. The number of aromatic nitrogens is 3. The predicted octanol–water partition coefficient (Wildman–Crippen LogP) is 4.76. The summed E-state index contributed by atoms with van der Waals surface area (Å²) in [6, 6.07) is 15.8. The van der Waals surface area contributed by atoms with Crippen molar-refractivity contribution in [1.29, 1.82) is 0 Å². The lowest BCUT2D eigenvalue weighted by Crippen LogP contribution is -2.27. The maximum atomic E-state index is 13.1. The minimum Gasteiger partial charge on any atom is -0.352 e. The molecule has 2 aromatic heterocycles. The number of halogens is 3. The summed E-state index contributed by atoms with van der Waals surface area (Å²) in [5.74, 6) is 0.183. The monoisotopic (exact) mass is 467 g/mol. The van der Waals surface area contributed by atoms with Gasteiger partial charge in [0.15, 0.2) is 11.5 Å². The third-order valence-corrected chi connectivity index (χ3v) is 5.40. The molecule has 0 saturated heterocycles. The molecule has 6 nitrogen and oxygen atoms in total. The van der Waals surface area contributed by atoms with Gasteiger partial charge in [0.2, 0.25) is 0 Å². The molecule has 1 amide bonds. The quantitative estimate of drug-likeness (QED) is 0.398.